The van der Waals surface area contributed by atoms with Crippen LogP contribution < -0.4 is 0 Å². The van der Waals surface area contributed by atoms with Gasteiger partial charge >= 0.3 is 0 Å². The third-order valence-corrected chi connectivity index (χ3v) is 12.8. The van der Waals surface area contributed by atoms with E-state index in [0.29, 0.717) is 28.5 Å². The molecule has 9 aromatic carbocycles. The van der Waals surface area contributed by atoms with E-state index in [1.54, 1.807) is 0 Å². The van der Waals surface area contributed by atoms with Crippen LogP contribution in [0.2, 0.25) is 0 Å². The maximum absolute atomic E-state index is 8.83. The molecule has 0 aliphatic carbocycles. The topological polar surface area (TPSA) is 48.7 Å². The lowest BCUT2D eigenvalue weighted by molar-refractivity contribution is 1.09. The van der Waals surface area contributed by atoms with Crippen molar-refractivity contribution in [2.75, 3.05) is 0 Å². The van der Waals surface area contributed by atoms with Crippen LogP contribution in [0.3, 0.4) is 0 Å². The van der Waals surface area contributed by atoms with Gasteiger partial charge in [-0.25, -0.2) is 24.5 Å². The Hall–Kier alpha value is -9.87. The van der Waals surface area contributed by atoms with Crippen LogP contribution in [-0.2, 0) is 0 Å². The zero-order chi connectivity index (χ0) is 45.7. The number of hydrogen-bond acceptors (Lipinski definition) is 2. The van der Waals surface area contributed by atoms with E-state index in [1.807, 2.05) is 127 Å². The van der Waals surface area contributed by atoms with Crippen LogP contribution in [0.4, 0.5) is 17.1 Å². The molecule has 0 unspecified atom stereocenters. The second kappa shape index (κ2) is 16.3. The first-order valence-electron chi connectivity index (χ1n) is 22.2. The zero-order valence-electron chi connectivity index (χ0n) is 36.3. The van der Waals surface area contributed by atoms with E-state index < -0.39 is 0 Å². The van der Waals surface area contributed by atoms with Gasteiger partial charge in [-0.1, -0.05) is 158 Å². The summed E-state index contributed by atoms with van der Waals surface area (Å²) >= 11 is 0. The highest BCUT2D eigenvalue weighted by atomic mass is 15.1. The van der Waals surface area contributed by atoms with Gasteiger partial charge in [-0.3, -0.25) is 0 Å². The number of fused-ring (bicyclic) bond motifs is 6. The Morgan fingerprint density at radius 3 is 1.21 bits per heavy atom. The molecule has 0 spiro atoms. The predicted octanol–water partition coefficient (Wildman–Crippen LogP) is 16.7. The summed E-state index contributed by atoms with van der Waals surface area (Å²) in [5.74, 6) is 0.438. The number of rotatable bonds is 7. The largest absolute Gasteiger partial charge is 0.308 e. The molecular weight excluding hydrogens is 831 g/mol. The van der Waals surface area contributed by atoms with Gasteiger partial charge in [-0.2, -0.15) is 0 Å². The third-order valence-electron chi connectivity index (χ3n) is 12.8. The van der Waals surface area contributed by atoms with Crippen LogP contribution in [0.25, 0.3) is 126 Å². The van der Waals surface area contributed by atoms with Crippen molar-refractivity contribution in [2.24, 2.45) is 0 Å². The van der Waals surface area contributed by atoms with E-state index in [9.17, 15) is 0 Å². The maximum Gasteiger partial charge on any atom is 0.200 e. The average Bonchev–Trinajstić information content (AvgIpc) is 3.92. The summed E-state index contributed by atoms with van der Waals surface area (Å²) in [6.07, 6.45) is 0. The highest BCUT2D eigenvalue weighted by Crippen LogP contribution is 2.45. The molecule has 12 aromatic rings. The number of benzene rings is 9. The molecule has 0 aliphatic heterocycles. The first kappa shape index (κ1) is 39.7. The Morgan fingerprint density at radius 2 is 0.721 bits per heavy atom. The van der Waals surface area contributed by atoms with E-state index in [0.717, 1.165) is 99.8 Å². The summed E-state index contributed by atoms with van der Waals surface area (Å²) < 4.78 is 4.56. The van der Waals surface area contributed by atoms with E-state index in [4.69, 9.17) is 29.7 Å². The van der Waals surface area contributed by atoms with Gasteiger partial charge in [0.2, 0.25) is 0 Å². The second-order valence-corrected chi connectivity index (χ2v) is 16.6. The van der Waals surface area contributed by atoms with Gasteiger partial charge in [-0.05, 0) is 76.9 Å². The van der Waals surface area contributed by atoms with Crippen molar-refractivity contribution in [1.82, 2.24) is 19.1 Å². The molecule has 3 heterocycles. The molecule has 68 heavy (non-hydrogen) atoms. The molecule has 0 saturated carbocycles. The van der Waals surface area contributed by atoms with Gasteiger partial charge in [0.05, 0.1) is 64.5 Å². The maximum atomic E-state index is 8.83. The van der Waals surface area contributed by atoms with Gasteiger partial charge in [-0.15, -0.1) is 0 Å². The van der Waals surface area contributed by atoms with E-state index in [1.165, 1.54) is 0 Å². The summed E-state index contributed by atoms with van der Waals surface area (Å²) in [5.41, 5.74) is 14.7. The number of hydrogen-bond donors (Lipinski definition) is 0. The van der Waals surface area contributed by atoms with Crippen molar-refractivity contribution in [3.8, 4) is 67.5 Å². The van der Waals surface area contributed by atoms with Crippen molar-refractivity contribution in [2.45, 2.75) is 0 Å². The molecule has 3 aromatic heterocycles. The van der Waals surface area contributed by atoms with E-state index in [2.05, 4.69) is 109 Å². The summed E-state index contributed by atoms with van der Waals surface area (Å²) in [6.45, 7) is 24.7. The predicted molar refractivity (Wildman–Crippen MR) is 277 cm³/mol. The van der Waals surface area contributed by atoms with Crippen LogP contribution >= 0.6 is 0 Å². The molecule has 12 rings (SSSR count). The van der Waals surface area contributed by atoms with Crippen LogP contribution in [0.5, 0.6) is 0 Å². The van der Waals surface area contributed by atoms with Crippen LogP contribution in [-0.4, -0.2) is 19.1 Å². The average molecular weight is 866 g/mol. The van der Waals surface area contributed by atoms with Crippen molar-refractivity contribution in [1.29, 1.82) is 0 Å². The standard InChI is InChI=1S/C61H35N7/c1-62-50-26-14-10-22-43(50)41-30-32-57-47(34-41)45-24-12-16-28-55(45)67(57)59-36-49(61-65-52(39-18-6-4-7-19-39)37-53(66-61)40-20-8-5-9-21-40)54(64-3)38-60(59)68-56-29-17-13-25-46(56)48-35-42(31-33-58(48)68)44-23-11-15-27-51(44)63-2/h4-38H. The molecule has 314 valence electrons. The lowest BCUT2D eigenvalue weighted by Gasteiger charge is -2.20. The Labute approximate surface area is 392 Å². The molecular formula is C61H35N7. The SMILES string of the molecule is [C-]#[N+]c1ccccc1-c1ccc2c(c1)c1ccccc1n2-c1cc([N+]#[C-])c(-c2nc(-c3ccccc3)cc(-c3ccccc3)n2)cc1-n1c2ccccc2c2cc(-c3ccccc3[N+]#[C-])ccc21. The second-order valence-electron chi connectivity index (χ2n) is 16.6. The lowest BCUT2D eigenvalue weighted by Crippen LogP contribution is -2.05. The molecule has 0 atom stereocenters. The summed E-state index contributed by atoms with van der Waals surface area (Å²) in [4.78, 5) is 22.5. The third kappa shape index (κ3) is 6.49. The summed E-state index contributed by atoms with van der Waals surface area (Å²) in [6, 6.07) is 71.3. The monoisotopic (exact) mass is 865 g/mol. The molecule has 0 aliphatic rings. The van der Waals surface area contributed by atoms with Crippen LogP contribution in [0.1, 0.15) is 0 Å². The van der Waals surface area contributed by atoms with Crippen molar-refractivity contribution >= 4 is 60.7 Å². The lowest BCUT2D eigenvalue weighted by atomic mass is 10.0. The highest BCUT2D eigenvalue weighted by Gasteiger charge is 2.24. The van der Waals surface area contributed by atoms with Gasteiger partial charge < -0.3 is 9.13 Å². The molecule has 0 fully saturated rings. The molecule has 7 heteroatoms. The minimum Gasteiger partial charge on any atom is -0.308 e. The molecule has 0 N–H and O–H groups in total. The molecule has 0 bridgehead atoms. The van der Waals surface area contributed by atoms with E-state index >= 15 is 0 Å². The fourth-order valence-electron chi connectivity index (χ4n) is 9.71. The van der Waals surface area contributed by atoms with Crippen LogP contribution in [0.15, 0.2) is 212 Å². The zero-order valence-corrected chi connectivity index (χ0v) is 36.3. The number of para-hydroxylation sites is 4. The number of aromatic nitrogens is 4. The Bertz CT molecular complexity index is 4060. The summed E-state index contributed by atoms with van der Waals surface area (Å²) in [7, 11) is 0. The quantitative estimate of drug-likeness (QED) is 0.150. The minimum absolute atomic E-state index is 0.403. The summed E-state index contributed by atoms with van der Waals surface area (Å²) in [5, 5.41) is 4.14. The minimum atomic E-state index is 0.403. The smallest absolute Gasteiger partial charge is 0.200 e. The Morgan fingerprint density at radius 1 is 0.309 bits per heavy atom. The van der Waals surface area contributed by atoms with Gasteiger partial charge in [0.1, 0.15) is 5.82 Å². The fourth-order valence-corrected chi connectivity index (χ4v) is 9.71. The molecule has 0 amide bonds. The molecule has 0 saturated heterocycles. The normalized spacial score (nSPS) is 11.2. The van der Waals surface area contributed by atoms with Crippen molar-refractivity contribution in [3.63, 3.8) is 0 Å². The Kier molecular flexibility index (Phi) is 9.51. The van der Waals surface area contributed by atoms with Crippen molar-refractivity contribution < 1.29 is 0 Å². The van der Waals surface area contributed by atoms with Gasteiger partial charge in [0, 0.05) is 38.2 Å². The molecule has 0 radical (unpaired) electrons. The van der Waals surface area contributed by atoms with Crippen molar-refractivity contribution in [3.05, 3.63) is 247 Å². The number of nitrogens with zero attached hydrogens (tertiary/aromatic N) is 7. The molecule has 7 nitrogen and oxygen atoms in total. The Balaban J connectivity index is 1.19. The van der Waals surface area contributed by atoms with Gasteiger partial charge in [0.25, 0.3) is 0 Å². The first-order chi connectivity index (χ1) is 33.6. The van der Waals surface area contributed by atoms with E-state index in [-0.39, 0.29) is 0 Å². The van der Waals surface area contributed by atoms with Gasteiger partial charge in [0.15, 0.2) is 17.1 Å². The highest BCUT2D eigenvalue weighted by molar-refractivity contribution is 6.13. The van der Waals surface area contributed by atoms with Crippen LogP contribution in [0, 0.1) is 19.7 Å². The fraction of sp³-hybridized carbons (Fsp3) is 0. The first-order valence-corrected chi connectivity index (χ1v) is 22.2.